The van der Waals surface area contributed by atoms with E-state index in [1.54, 1.807) is 11.3 Å². The molecule has 144 valence electrons. The van der Waals surface area contributed by atoms with Gasteiger partial charge in [-0.15, -0.1) is 0 Å². The van der Waals surface area contributed by atoms with E-state index in [1.165, 1.54) is 51.6 Å². The van der Waals surface area contributed by atoms with Crippen LogP contribution >= 0.6 is 0 Å². The highest BCUT2D eigenvalue weighted by Crippen LogP contribution is 2.66. The highest BCUT2D eigenvalue weighted by Gasteiger charge is 2.58. The molecule has 0 spiro atoms. The molecule has 4 aliphatic carbocycles. The summed E-state index contributed by atoms with van der Waals surface area (Å²) < 4.78 is 0. The molecule has 0 amide bonds. The lowest BCUT2D eigenvalue weighted by Gasteiger charge is -2.59. The van der Waals surface area contributed by atoms with Crippen molar-refractivity contribution in [1.29, 1.82) is 0 Å². The van der Waals surface area contributed by atoms with Crippen LogP contribution in [0.5, 0.6) is 0 Å². The fourth-order valence-corrected chi connectivity index (χ4v) is 8.00. The summed E-state index contributed by atoms with van der Waals surface area (Å²) in [4.78, 5) is 2.73. The fraction of sp³-hybridized carbons (Fsp3) is 0.833. The maximum absolute atomic E-state index is 10.2. The van der Waals surface area contributed by atoms with Gasteiger partial charge in [-0.05, 0) is 80.5 Å². The van der Waals surface area contributed by atoms with Crippen LogP contribution in [0.15, 0.2) is 23.4 Å². The van der Waals surface area contributed by atoms with Crippen LogP contribution in [0.3, 0.4) is 0 Å². The number of aliphatic hydroxyl groups is 1. The second-order valence-electron chi connectivity index (χ2n) is 10.6. The first-order valence-corrected chi connectivity index (χ1v) is 11.3. The Balaban J connectivity index is 1.48. The summed E-state index contributed by atoms with van der Waals surface area (Å²) in [5.74, 6) is 3.15. The van der Waals surface area contributed by atoms with Crippen molar-refractivity contribution in [3.63, 3.8) is 0 Å². The zero-order valence-electron chi connectivity index (χ0n) is 17.0. The number of aliphatic hydroxyl groups excluding tert-OH is 1. The van der Waals surface area contributed by atoms with Crippen LogP contribution in [-0.2, 0) is 0 Å². The molecule has 26 heavy (non-hydrogen) atoms. The molecule has 5 rings (SSSR count). The minimum Gasteiger partial charge on any atom is -0.393 e. The smallest absolute Gasteiger partial charge is 0.0577 e. The molecule has 2 saturated carbocycles. The van der Waals surface area contributed by atoms with E-state index in [2.05, 4.69) is 37.8 Å². The molecule has 2 nitrogen and oxygen atoms in total. The molecule has 0 aromatic carbocycles. The highest BCUT2D eigenvalue weighted by atomic mass is 16.3. The minimum absolute atomic E-state index is 0.0955. The van der Waals surface area contributed by atoms with Gasteiger partial charge in [-0.25, -0.2) is 0 Å². The van der Waals surface area contributed by atoms with Gasteiger partial charge in [0.15, 0.2) is 0 Å². The van der Waals surface area contributed by atoms with Gasteiger partial charge in [-0.1, -0.05) is 38.5 Å². The molecule has 0 unspecified atom stereocenters. The molecule has 0 aromatic heterocycles. The average molecular weight is 356 g/mol. The first kappa shape index (κ1) is 17.3. The molecule has 1 heterocycles. The van der Waals surface area contributed by atoms with Gasteiger partial charge in [0.1, 0.15) is 0 Å². The lowest BCUT2D eigenvalue weighted by atomic mass is 9.46. The summed E-state index contributed by atoms with van der Waals surface area (Å²) >= 11 is 0. The molecule has 2 heteroatoms. The topological polar surface area (TPSA) is 23.5 Å². The van der Waals surface area contributed by atoms with Crippen LogP contribution < -0.4 is 0 Å². The van der Waals surface area contributed by atoms with Crippen molar-refractivity contribution >= 4 is 0 Å². The lowest BCUT2D eigenvalue weighted by Crippen LogP contribution is -2.53. The summed E-state index contributed by atoms with van der Waals surface area (Å²) in [5.41, 5.74) is 4.08. The number of likely N-dealkylation sites (tertiary alicyclic amines) is 1. The minimum atomic E-state index is -0.0955. The number of fused-ring (bicyclic) bond motifs is 5. The van der Waals surface area contributed by atoms with Crippen LogP contribution in [0.2, 0.25) is 0 Å². The number of hydrogen-bond donors (Lipinski definition) is 1. The van der Waals surface area contributed by atoms with E-state index < -0.39 is 0 Å². The monoisotopic (exact) mass is 355 g/mol. The van der Waals surface area contributed by atoms with Crippen LogP contribution in [0.1, 0.15) is 72.1 Å². The molecule has 0 bridgehead atoms. The second-order valence-corrected chi connectivity index (χ2v) is 10.6. The van der Waals surface area contributed by atoms with Crippen molar-refractivity contribution in [3.05, 3.63) is 23.4 Å². The van der Waals surface area contributed by atoms with E-state index in [0.29, 0.717) is 16.7 Å². The molecule has 0 radical (unpaired) electrons. The van der Waals surface area contributed by atoms with Crippen molar-refractivity contribution < 1.29 is 5.11 Å². The molecular formula is C24H37NO. The SMILES string of the molecule is C[C@@H]1C=C2C[C@@H](O)CC[C@]2(C)[C@H]2CC[C@]3(C)C(N4CCCC4)=CC[C@H]3[C@H]12. The quantitative estimate of drug-likeness (QED) is 0.658. The summed E-state index contributed by atoms with van der Waals surface area (Å²) in [7, 11) is 0. The van der Waals surface area contributed by atoms with Gasteiger partial charge < -0.3 is 10.0 Å². The summed E-state index contributed by atoms with van der Waals surface area (Å²) in [5, 5.41) is 10.2. The van der Waals surface area contributed by atoms with Crippen LogP contribution in [0.4, 0.5) is 0 Å². The standard InChI is InChI=1S/C24H37NO/c1-16-14-17-15-18(26)8-10-23(17,2)20-9-11-24(3)19(22(16)20)6-7-21(24)25-12-4-5-13-25/h7,14,16,18-20,22,26H,4-6,8-13,15H2,1-3H3/t16-,18+,19+,20+,22+,23+,24+/m1/s1. The van der Waals surface area contributed by atoms with Crippen molar-refractivity contribution in [2.45, 2.75) is 78.2 Å². The Kier molecular flexibility index (Phi) is 3.91. The third-order valence-corrected chi connectivity index (χ3v) is 9.39. The third kappa shape index (κ3) is 2.26. The summed E-state index contributed by atoms with van der Waals surface area (Å²) in [6.07, 6.45) is 15.1. The van der Waals surface area contributed by atoms with Gasteiger partial charge in [0.05, 0.1) is 6.10 Å². The van der Waals surface area contributed by atoms with Gasteiger partial charge in [0, 0.05) is 24.2 Å². The van der Waals surface area contributed by atoms with E-state index in [0.717, 1.165) is 30.6 Å². The van der Waals surface area contributed by atoms with Crippen molar-refractivity contribution in [1.82, 2.24) is 4.90 Å². The molecule has 1 saturated heterocycles. The fourth-order valence-electron chi connectivity index (χ4n) is 8.00. The lowest BCUT2D eigenvalue weighted by molar-refractivity contribution is -0.0532. The normalized spacial score (nSPS) is 50.6. The van der Waals surface area contributed by atoms with Gasteiger partial charge in [-0.2, -0.15) is 0 Å². The van der Waals surface area contributed by atoms with E-state index in [-0.39, 0.29) is 6.10 Å². The van der Waals surface area contributed by atoms with E-state index in [4.69, 9.17) is 0 Å². The zero-order valence-corrected chi connectivity index (χ0v) is 17.0. The number of nitrogens with zero attached hydrogens (tertiary/aromatic N) is 1. The Morgan fingerprint density at radius 2 is 1.77 bits per heavy atom. The number of allylic oxidation sites excluding steroid dienone is 3. The predicted octanol–water partition coefficient (Wildman–Crippen LogP) is 5.15. The maximum atomic E-state index is 10.2. The summed E-state index contributed by atoms with van der Waals surface area (Å²) in [6, 6.07) is 0. The number of rotatable bonds is 1. The second kappa shape index (κ2) is 5.87. The maximum Gasteiger partial charge on any atom is 0.0577 e. The third-order valence-electron chi connectivity index (χ3n) is 9.39. The molecule has 1 aliphatic heterocycles. The highest BCUT2D eigenvalue weighted by molar-refractivity contribution is 5.31. The Bertz CT molecular complexity index is 645. The number of hydrogen-bond acceptors (Lipinski definition) is 2. The van der Waals surface area contributed by atoms with Gasteiger partial charge in [-0.3, -0.25) is 0 Å². The van der Waals surface area contributed by atoms with Crippen molar-refractivity contribution in [2.75, 3.05) is 13.1 Å². The van der Waals surface area contributed by atoms with Crippen LogP contribution in [0.25, 0.3) is 0 Å². The molecule has 3 fully saturated rings. The average Bonchev–Trinajstić information content (AvgIpc) is 3.23. The van der Waals surface area contributed by atoms with Crippen LogP contribution in [-0.4, -0.2) is 29.2 Å². The molecule has 0 aromatic rings. The summed E-state index contributed by atoms with van der Waals surface area (Å²) in [6.45, 7) is 10.2. The Morgan fingerprint density at radius 1 is 1.04 bits per heavy atom. The Hall–Kier alpha value is -0.760. The molecule has 1 N–H and O–H groups in total. The van der Waals surface area contributed by atoms with E-state index in [9.17, 15) is 5.11 Å². The first-order chi connectivity index (χ1) is 12.4. The van der Waals surface area contributed by atoms with E-state index >= 15 is 0 Å². The largest absolute Gasteiger partial charge is 0.393 e. The molecule has 7 atom stereocenters. The predicted molar refractivity (Wildman–Crippen MR) is 107 cm³/mol. The van der Waals surface area contributed by atoms with Gasteiger partial charge in [0.25, 0.3) is 0 Å². The van der Waals surface area contributed by atoms with E-state index in [1.807, 2.05) is 0 Å². The molecule has 5 aliphatic rings. The van der Waals surface area contributed by atoms with Crippen LogP contribution in [0, 0.1) is 34.5 Å². The Morgan fingerprint density at radius 3 is 2.54 bits per heavy atom. The Labute approximate surface area is 159 Å². The zero-order chi connectivity index (χ0) is 18.1. The van der Waals surface area contributed by atoms with Crippen molar-refractivity contribution in [2.24, 2.45) is 34.5 Å². The first-order valence-electron chi connectivity index (χ1n) is 11.3. The molecular weight excluding hydrogens is 318 g/mol. The van der Waals surface area contributed by atoms with Gasteiger partial charge in [0.2, 0.25) is 0 Å². The van der Waals surface area contributed by atoms with Gasteiger partial charge >= 0.3 is 0 Å². The van der Waals surface area contributed by atoms with Crippen molar-refractivity contribution in [3.8, 4) is 0 Å².